The zero-order chi connectivity index (χ0) is 23.7. The van der Waals surface area contributed by atoms with Gasteiger partial charge in [0.05, 0.1) is 0 Å². The fourth-order valence-electron chi connectivity index (χ4n) is 5.13. The van der Waals surface area contributed by atoms with E-state index in [1.54, 1.807) is 0 Å². The van der Waals surface area contributed by atoms with E-state index in [4.69, 9.17) is 37.9 Å². The third kappa shape index (κ3) is 5.14. The van der Waals surface area contributed by atoms with Gasteiger partial charge in [-0.25, -0.2) is 4.98 Å². The first-order valence-corrected chi connectivity index (χ1v) is 12.1. The van der Waals surface area contributed by atoms with Crippen molar-refractivity contribution in [3.05, 3.63) is 24.4 Å². The van der Waals surface area contributed by atoms with Crippen LogP contribution >= 0.6 is 0 Å². The molecule has 0 radical (unpaired) electrons. The molecule has 3 saturated heterocycles. The molecule has 3 fully saturated rings. The quantitative estimate of drug-likeness (QED) is 0.403. The van der Waals surface area contributed by atoms with Crippen molar-refractivity contribution >= 4 is 23.7 Å². The molecule has 5 rings (SSSR count). The zero-order valence-electron chi connectivity index (χ0n) is 19.6. The van der Waals surface area contributed by atoms with Gasteiger partial charge < -0.3 is 42.5 Å². The van der Waals surface area contributed by atoms with E-state index in [9.17, 15) is 0 Å². The van der Waals surface area contributed by atoms with Crippen LogP contribution in [0.4, 0.5) is 23.7 Å². The largest absolute Gasteiger partial charge is 0.353 e. The summed E-state index contributed by atoms with van der Waals surface area (Å²) in [7, 11) is 0. The Bertz CT molecular complexity index is 886. The third-order valence-electron chi connectivity index (χ3n) is 6.73. The van der Waals surface area contributed by atoms with Crippen LogP contribution in [0.2, 0.25) is 0 Å². The van der Waals surface area contributed by atoms with Crippen LogP contribution in [-0.2, 0) is 0 Å². The topological polar surface area (TPSA) is 169 Å². The Kier molecular flexibility index (Phi) is 6.63. The smallest absolute Gasteiger partial charge is 0.232 e. The maximum absolute atomic E-state index is 6.26. The number of nitrogens with zero attached hydrogens (tertiary/aromatic N) is 8. The van der Waals surface area contributed by atoms with Crippen molar-refractivity contribution in [3.8, 4) is 0 Å². The Morgan fingerprint density at radius 1 is 0.588 bits per heavy atom. The molecule has 4 atom stereocenters. The van der Waals surface area contributed by atoms with Crippen molar-refractivity contribution in [1.82, 2.24) is 19.9 Å². The van der Waals surface area contributed by atoms with Gasteiger partial charge in [-0.1, -0.05) is 6.07 Å². The van der Waals surface area contributed by atoms with Crippen LogP contribution in [0.25, 0.3) is 0 Å². The lowest BCUT2D eigenvalue weighted by molar-refractivity contribution is 0.440. The molecule has 0 spiro atoms. The van der Waals surface area contributed by atoms with E-state index in [2.05, 4.69) is 24.6 Å². The summed E-state index contributed by atoms with van der Waals surface area (Å²) in [6.45, 7) is 5.94. The molecule has 0 saturated carbocycles. The van der Waals surface area contributed by atoms with Crippen LogP contribution in [0.3, 0.4) is 0 Å². The molecule has 0 aromatic carbocycles. The standard InChI is InChI=1S/C22H36N12/c23-15-9-16(24)12-33(11-15)21-28-20(29-22(30-21)34-13-17(25)10-18(26)14-34)32-7-5-31(6-8-32)19-3-1-2-4-27-19/h1-4,15-18H,5-14,23-26H2/t15-,16+,17-,18+. The predicted octanol–water partition coefficient (Wildman–Crippen LogP) is -1.68. The lowest BCUT2D eigenvalue weighted by Gasteiger charge is -2.38. The summed E-state index contributed by atoms with van der Waals surface area (Å²) < 4.78 is 0. The number of anilines is 4. The zero-order valence-corrected chi connectivity index (χ0v) is 19.6. The second-order valence-corrected chi connectivity index (χ2v) is 9.72. The molecule has 0 aliphatic carbocycles. The summed E-state index contributed by atoms with van der Waals surface area (Å²) in [6, 6.07) is 5.96. The molecular weight excluding hydrogens is 432 g/mol. The van der Waals surface area contributed by atoms with Crippen LogP contribution in [-0.4, -0.2) is 96.5 Å². The van der Waals surface area contributed by atoms with Crippen LogP contribution in [0, 0.1) is 0 Å². The first-order chi connectivity index (χ1) is 16.4. The molecule has 3 aliphatic heterocycles. The SMILES string of the molecule is N[C@@H]1C[C@H](N)CN(c2nc(N3CCN(c4ccccn4)CC3)nc(N3C[C@H](N)C[C@H](N)C3)n2)C1. The minimum Gasteiger partial charge on any atom is -0.353 e. The lowest BCUT2D eigenvalue weighted by Crippen LogP contribution is -2.54. The van der Waals surface area contributed by atoms with E-state index in [1.807, 2.05) is 24.4 Å². The number of hydrogen-bond donors (Lipinski definition) is 4. The van der Waals surface area contributed by atoms with Gasteiger partial charge in [0.25, 0.3) is 0 Å². The van der Waals surface area contributed by atoms with E-state index < -0.39 is 0 Å². The average Bonchev–Trinajstić information content (AvgIpc) is 2.83. The van der Waals surface area contributed by atoms with Gasteiger partial charge >= 0.3 is 0 Å². The lowest BCUT2D eigenvalue weighted by atomic mass is 10.0. The number of rotatable bonds is 4. The average molecular weight is 469 g/mol. The van der Waals surface area contributed by atoms with Gasteiger partial charge in [-0.2, -0.15) is 15.0 Å². The molecular formula is C22H36N12. The summed E-state index contributed by atoms with van der Waals surface area (Å²) in [5.41, 5.74) is 25.1. The Hall–Kier alpha value is -2.80. The highest BCUT2D eigenvalue weighted by Crippen LogP contribution is 2.24. The normalized spacial score (nSPS) is 28.4. The van der Waals surface area contributed by atoms with Crippen LogP contribution in [0.5, 0.6) is 0 Å². The summed E-state index contributed by atoms with van der Waals surface area (Å²) in [5, 5.41) is 0. The summed E-state index contributed by atoms with van der Waals surface area (Å²) >= 11 is 0. The highest BCUT2D eigenvalue weighted by Gasteiger charge is 2.30. The number of pyridine rings is 1. The number of hydrogen-bond acceptors (Lipinski definition) is 12. The van der Waals surface area contributed by atoms with Gasteiger partial charge in [-0.05, 0) is 25.0 Å². The fourth-order valence-corrected chi connectivity index (χ4v) is 5.13. The third-order valence-corrected chi connectivity index (χ3v) is 6.73. The van der Waals surface area contributed by atoms with E-state index in [1.165, 1.54) is 0 Å². The van der Waals surface area contributed by atoms with Gasteiger partial charge in [-0.15, -0.1) is 0 Å². The minimum absolute atomic E-state index is 0.00818. The van der Waals surface area contributed by atoms with E-state index in [0.717, 1.165) is 44.8 Å². The monoisotopic (exact) mass is 468 g/mol. The number of piperazine rings is 1. The molecule has 0 amide bonds. The Labute approximate surface area is 200 Å². The van der Waals surface area contributed by atoms with Crippen molar-refractivity contribution in [1.29, 1.82) is 0 Å². The number of piperidine rings is 2. The minimum atomic E-state index is -0.00818. The molecule has 5 heterocycles. The predicted molar refractivity (Wildman–Crippen MR) is 134 cm³/mol. The van der Waals surface area contributed by atoms with Gasteiger partial charge in [-0.3, -0.25) is 0 Å². The van der Waals surface area contributed by atoms with Crippen molar-refractivity contribution in [2.45, 2.75) is 37.0 Å². The molecule has 184 valence electrons. The van der Waals surface area contributed by atoms with E-state index in [-0.39, 0.29) is 24.2 Å². The fraction of sp³-hybridized carbons (Fsp3) is 0.636. The van der Waals surface area contributed by atoms with Gasteiger partial charge in [0.1, 0.15) is 5.82 Å². The van der Waals surface area contributed by atoms with Gasteiger partial charge in [0.15, 0.2) is 0 Å². The van der Waals surface area contributed by atoms with Crippen LogP contribution in [0.15, 0.2) is 24.4 Å². The van der Waals surface area contributed by atoms with Crippen molar-refractivity contribution < 1.29 is 0 Å². The first-order valence-electron chi connectivity index (χ1n) is 12.1. The molecule has 34 heavy (non-hydrogen) atoms. The van der Waals surface area contributed by atoms with Crippen LogP contribution in [0.1, 0.15) is 12.8 Å². The van der Waals surface area contributed by atoms with E-state index in [0.29, 0.717) is 44.0 Å². The van der Waals surface area contributed by atoms with Crippen molar-refractivity contribution in [3.63, 3.8) is 0 Å². The van der Waals surface area contributed by atoms with E-state index >= 15 is 0 Å². The van der Waals surface area contributed by atoms with Gasteiger partial charge in [0.2, 0.25) is 17.8 Å². The highest BCUT2D eigenvalue weighted by atomic mass is 15.4. The molecule has 3 aliphatic rings. The molecule has 0 unspecified atom stereocenters. The second-order valence-electron chi connectivity index (χ2n) is 9.72. The molecule has 2 aromatic rings. The number of nitrogens with two attached hydrogens (primary N) is 4. The maximum Gasteiger partial charge on any atom is 0.232 e. The molecule has 0 bridgehead atoms. The van der Waals surface area contributed by atoms with Gasteiger partial charge in [0, 0.05) is 82.7 Å². The highest BCUT2D eigenvalue weighted by molar-refractivity contribution is 5.49. The molecule has 12 nitrogen and oxygen atoms in total. The number of aromatic nitrogens is 4. The second kappa shape index (κ2) is 9.82. The van der Waals surface area contributed by atoms with Crippen LogP contribution < -0.4 is 42.5 Å². The summed E-state index contributed by atoms with van der Waals surface area (Å²) in [5.74, 6) is 2.89. The molecule has 8 N–H and O–H groups in total. The Balaban J connectivity index is 1.40. The Morgan fingerprint density at radius 3 is 1.47 bits per heavy atom. The maximum atomic E-state index is 6.26. The molecule has 12 heteroatoms. The van der Waals surface area contributed by atoms with Crippen molar-refractivity contribution in [2.75, 3.05) is 72.0 Å². The molecule has 2 aromatic heterocycles. The summed E-state index contributed by atoms with van der Waals surface area (Å²) in [4.78, 5) is 27.7. The Morgan fingerprint density at radius 2 is 1.03 bits per heavy atom. The first kappa shape index (κ1) is 23.0. The van der Waals surface area contributed by atoms with Crippen molar-refractivity contribution in [2.24, 2.45) is 22.9 Å². The summed E-state index contributed by atoms with van der Waals surface area (Å²) in [6.07, 6.45) is 3.42.